The van der Waals surface area contributed by atoms with Crippen molar-refractivity contribution in [1.29, 1.82) is 0 Å². The fourth-order valence-electron chi connectivity index (χ4n) is 8.15. The number of fused-ring (bicyclic) bond motifs is 5. The lowest BCUT2D eigenvalue weighted by Gasteiger charge is -2.61. The average Bonchev–Trinajstić information content (AvgIpc) is 3.40. The molecule has 2 amide bonds. The van der Waals surface area contributed by atoms with Gasteiger partial charge in [0.2, 0.25) is 11.8 Å². The highest BCUT2D eigenvalue weighted by molar-refractivity contribution is 5.96. The van der Waals surface area contributed by atoms with Gasteiger partial charge in [0.25, 0.3) is 0 Å². The van der Waals surface area contributed by atoms with E-state index in [9.17, 15) is 24.9 Å². The van der Waals surface area contributed by atoms with Crippen molar-refractivity contribution < 1.29 is 34.4 Å². The second kappa shape index (κ2) is 13.0. The molecule has 43 heavy (non-hydrogen) atoms. The van der Waals surface area contributed by atoms with Gasteiger partial charge in [-0.05, 0) is 85.5 Å². The Morgan fingerprint density at radius 3 is 2.67 bits per heavy atom. The zero-order valence-electron chi connectivity index (χ0n) is 25.8. The number of amides is 2. The first-order valence-corrected chi connectivity index (χ1v) is 15.8. The van der Waals surface area contributed by atoms with Crippen LogP contribution >= 0.6 is 0 Å². The minimum absolute atomic E-state index is 0.0344. The van der Waals surface area contributed by atoms with Gasteiger partial charge < -0.3 is 35.0 Å². The minimum atomic E-state index is -1.10. The number of carbonyl (C=O) groups excluding carboxylic acids is 2. The summed E-state index contributed by atoms with van der Waals surface area (Å²) < 4.78 is 12.0. The normalized spacial score (nSPS) is 29.7. The third kappa shape index (κ3) is 5.83. The Balaban J connectivity index is 1.53. The van der Waals surface area contributed by atoms with Crippen molar-refractivity contribution >= 4 is 11.8 Å². The highest BCUT2D eigenvalue weighted by Gasteiger charge is 2.56. The average molecular weight is 597 g/mol. The lowest BCUT2D eigenvalue weighted by Crippen LogP contribution is -2.59. The van der Waals surface area contributed by atoms with E-state index in [2.05, 4.69) is 25.7 Å². The Bertz CT molecular complexity index is 1240. The first kappa shape index (κ1) is 31.5. The molecule has 0 saturated heterocycles. The van der Waals surface area contributed by atoms with Crippen LogP contribution in [0.1, 0.15) is 75.8 Å². The van der Waals surface area contributed by atoms with Crippen molar-refractivity contribution in [2.24, 2.45) is 23.2 Å². The number of rotatable bonds is 13. The number of aliphatic hydroxyl groups is 3. The summed E-state index contributed by atoms with van der Waals surface area (Å²) in [7, 11) is 1.51. The molecule has 3 fully saturated rings. The highest BCUT2D eigenvalue weighted by Crippen LogP contribution is 2.61. The van der Waals surface area contributed by atoms with Crippen molar-refractivity contribution in [1.82, 2.24) is 10.2 Å². The number of ether oxygens (including phenoxy) is 2. The number of aliphatic hydroxyl groups excluding tert-OH is 3. The molecular weight excluding hydrogens is 548 g/mol. The summed E-state index contributed by atoms with van der Waals surface area (Å²) in [5.41, 5.74) is 1.86. The summed E-state index contributed by atoms with van der Waals surface area (Å²) in [6.45, 7) is 8.60. The first-order valence-electron chi connectivity index (χ1n) is 15.8. The number of hydrogen-bond acceptors (Lipinski definition) is 7. The molecule has 9 nitrogen and oxygen atoms in total. The summed E-state index contributed by atoms with van der Waals surface area (Å²) >= 11 is 0. The Morgan fingerprint density at radius 1 is 1.23 bits per heavy atom. The standard InChI is InChI=1S/C34H48N2O7/c1-5-6-7-8-9-28(39)36(18-21-10-11-22-16-25(21)34(22,2)3)26-17-24(33(41)35-12-13-37)29-23-14-20(19-38)15-27(42-4)31(23)43-32(29)30(26)40/h5,14-15,17,21-22,25-26,29-30,32,37-38,40H,1,6-13,16,18-19H2,2-4H3,(H,35,41). The Kier molecular flexibility index (Phi) is 9.54. The van der Waals surface area contributed by atoms with Crippen LogP contribution < -0.4 is 14.8 Å². The second-order valence-electron chi connectivity index (χ2n) is 13.3. The predicted molar refractivity (Wildman–Crippen MR) is 163 cm³/mol. The summed E-state index contributed by atoms with van der Waals surface area (Å²) in [6, 6.07) is 2.70. The monoisotopic (exact) mass is 596 g/mol. The van der Waals surface area contributed by atoms with Crippen LogP contribution in [0.2, 0.25) is 0 Å². The van der Waals surface area contributed by atoms with Gasteiger partial charge >= 0.3 is 0 Å². The highest BCUT2D eigenvalue weighted by atomic mass is 16.5. The fraction of sp³-hybridized carbons (Fsp3) is 0.647. The quantitative estimate of drug-likeness (QED) is 0.203. The topological polar surface area (TPSA) is 129 Å². The number of unbranched alkanes of at least 4 members (excludes halogenated alkanes) is 2. The van der Waals surface area contributed by atoms with Crippen LogP contribution in [0.25, 0.3) is 0 Å². The zero-order valence-corrected chi connectivity index (χ0v) is 25.8. The Morgan fingerprint density at radius 2 is 2.02 bits per heavy atom. The molecule has 0 aromatic heterocycles. The number of benzene rings is 1. The summed E-state index contributed by atoms with van der Waals surface area (Å²) in [5.74, 6) is 1.34. The van der Waals surface area contributed by atoms with Crippen molar-refractivity contribution in [2.45, 2.75) is 89.6 Å². The van der Waals surface area contributed by atoms with Crippen LogP contribution in [-0.2, 0) is 16.2 Å². The number of nitrogens with zero attached hydrogens (tertiary/aromatic N) is 1. The van der Waals surface area contributed by atoms with Gasteiger partial charge in [0.15, 0.2) is 11.5 Å². The third-order valence-corrected chi connectivity index (χ3v) is 10.7. The van der Waals surface area contributed by atoms with Gasteiger partial charge in [0.05, 0.1) is 32.3 Å². The molecule has 1 aromatic rings. The zero-order chi connectivity index (χ0) is 30.9. The van der Waals surface area contributed by atoms with Crippen LogP contribution in [0.15, 0.2) is 36.4 Å². The largest absolute Gasteiger partial charge is 0.493 e. The van der Waals surface area contributed by atoms with E-state index in [-0.39, 0.29) is 37.0 Å². The van der Waals surface area contributed by atoms with E-state index >= 15 is 0 Å². The maximum absolute atomic E-state index is 14.0. The Labute approximate surface area is 254 Å². The maximum atomic E-state index is 14.0. The number of nitrogens with one attached hydrogen (secondary N) is 1. The van der Waals surface area contributed by atoms with Crippen molar-refractivity contribution in [2.75, 3.05) is 26.8 Å². The van der Waals surface area contributed by atoms with Crippen LogP contribution in [-0.4, -0.2) is 77.1 Å². The van der Waals surface area contributed by atoms with E-state index in [1.165, 1.54) is 13.5 Å². The molecule has 4 aliphatic carbocycles. The molecule has 2 bridgehead atoms. The molecule has 7 unspecified atom stereocenters. The molecule has 1 heterocycles. The van der Waals surface area contributed by atoms with Crippen LogP contribution in [0.5, 0.6) is 11.5 Å². The van der Waals surface area contributed by atoms with Crippen molar-refractivity contribution in [3.63, 3.8) is 0 Å². The minimum Gasteiger partial charge on any atom is -0.493 e. The molecule has 0 radical (unpaired) electrons. The molecule has 7 atom stereocenters. The van der Waals surface area contributed by atoms with Crippen molar-refractivity contribution in [3.8, 4) is 11.5 Å². The molecule has 236 valence electrons. The Hall–Kier alpha value is -2.88. The maximum Gasteiger partial charge on any atom is 0.247 e. The van der Waals surface area contributed by atoms with Gasteiger partial charge in [0.1, 0.15) is 12.2 Å². The lowest BCUT2D eigenvalue weighted by molar-refractivity contribution is -0.146. The third-order valence-electron chi connectivity index (χ3n) is 10.7. The number of carbonyl (C=O) groups is 2. The smallest absolute Gasteiger partial charge is 0.247 e. The summed E-state index contributed by atoms with van der Waals surface area (Å²) in [4.78, 5) is 29.4. The van der Waals surface area contributed by atoms with E-state index in [0.717, 1.165) is 31.6 Å². The van der Waals surface area contributed by atoms with Gasteiger partial charge in [0, 0.05) is 30.6 Å². The molecule has 1 aromatic carbocycles. The first-order chi connectivity index (χ1) is 20.7. The van der Waals surface area contributed by atoms with Gasteiger partial charge in [-0.3, -0.25) is 9.59 Å². The van der Waals surface area contributed by atoms with Crippen LogP contribution in [0.3, 0.4) is 0 Å². The van der Waals surface area contributed by atoms with Gasteiger partial charge in [-0.1, -0.05) is 19.9 Å². The number of methoxy groups -OCH3 is 1. The molecular formula is C34H48N2O7. The fourth-order valence-corrected chi connectivity index (χ4v) is 8.15. The lowest BCUT2D eigenvalue weighted by atomic mass is 9.45. The number of allylic oxidation sites excluding steroid dienone is 1. The molecule has 1 aliphatic heterocycles. The SMILES string of the molecule is C=CCCCCC(=O)N(CC1CCC2CC1C2(C)C)C1C=C(C(=O)NCCO)C2c3cc(CO)cc(OC)c3OC2C1O. The van der Waals surface area contributed by atoms with E-state index < -0.39 is 24.2 Å². The second-order valence-corrected chi connectivity index (χ2v) is 13.3. The molecule has 6 rings (SSSR count). The van der Waals surface area contributed by atoms with E-state index in [4.69, 9.17) is 9.47 Å². The van der Waals surface area contributed by atoms with Crippen molar-refractivity contribution in [3.05, 3.63) is 47.6 Å². The summed E-state index contributed by atoms with van der Waals surface area (Å²) in [5, 5.41) is 34.1. The molecule has 0 spiro atoms. The summed E-state index contributed by atoms with van der Waals surface area (Å²) in [6.07, 6.45) is 7.79. The van der Waals surface area contributed by atoms with Crippen LogP contribution in [0.4, 0.5) is 0 Å². The van der Waals surface area contributed by atoms with E-state index in [1.807, 2.05) is 11.0 Å². The number of hydrogen-bond donors (Lipinski definition) is 4. The predicted octanol–water partition coefficient (Wildman–Crippen LogP) is 3.46. The van der Waals surface area contributed by atoms with E-state index in [0.29, 0.717) is 59.4 Å². The molecule has 5 aliphatic rings. The molecule has 3 saturated carbocycles. The van der Waals surface area contributed by atoms with Gasteiger partial charge in [-0.25, -0.2) is 0 Å². The van der Waals surface area contributed by atoms with Gasteiger partial charge in [-0.15, -0.1) is 6.58 Å². The molecule has 9 heteroatoms. The molecule has 4 N–H and O–H groups in total. The van der Waals surface area contributed by atoms with Gasteiger partial charge in [-0.2, -0.15) is 0 Å². The van der Waals surface area contributed by atoms with Crippen LogP contribution in [0, 0.1) is 23.2 Å². The van der Waals surface area contributed by atoms with E-state index in [1.54, 1.807) is 18.2 Å².